The van der Waals surface area contributed by atoms with Gasteiger partial charge < -0.3 is 0 Å². The first-order valence-electron chi connectivity index (χ1n) is 5.83. The second kappa shape index (κ2) is 5.99. The predicted molar refractivity (Wildman–Crippen MR) is 80.0 cm³/mol. The Bertz CT molecular complexity index is 499. The van der Waals surface area contributed by atoms with Crippen molar-refractivity contribution in [3.05, 3.63) is 33.8 Å². The van der Waals surface area contributed by atoms with Crippen molar-refractivity contribution in [2.45, 2.75) is 38.4 Å². The summed E-state index contributed by atoms with van der Waals surface area (Å²) in [6.45, 7) is 8.04. The molecule has 0 amide bonds. The lowest BCUT2D eigenvalue weighted by molar-refractivity contribution is 0.642. The summed E-state index contributed by atoms with van der Waals surface area (Å²) in [4.78, 5) is 0. The maximum Gasteiger partial charge on any atom is 0.100 e. The number of halogens is 1. The van der Waals surface area contributed by atoms with Crippen molar-refractivity contribution in [3.8, 4) is 6.07 Å². The molecule has 0 heterocycles. The van der Waals surface area contributed by atoms with Crippen LogP contribution in [0.2, 0.25) is 0 Å². The van der Waals surface area contributed by atoms with Crippen molar-refractivity contribution < 1.29 is 4.21 Å². The highest BCUT2D eigenvalue weighted by atomic mass is 79.9. The third-order valence-corrected chi connectivity index (χ3v) is 5.59. The zero-order valence-corrected chi connectivity index (χ0v) is 13.6. The average molecular weight is 328 g/mol. The van der Waals surface area contributed by atoms with Gasteiger partial charge in [-0.05, 0) is 60.3 Å². The molecule has 0 fully saturated rings. The summed E-state index contributed by atoms with van der Waals surface area (Å²) in [6.07, 6.45) is 0. The Morgan fingerprint density at radius 3 is 2.50 bits per heavy atom. The molecule has 0 saturated heterocycles. The van der Waals surface area contributed by atoms with E-state index in [2.05, 4.69) is 28.9 Å². The Morgan fingerprint density at radius 2 is 2.06 bits per heavy atom. The fraction of sp³-hybridized carbons (Fsp3) is 0.500. The van der Waals surface area contributed by atoms with E-state index in [1.807, 2.05) is 32.9 Å². The molecule has 2 atom stereocenters. The summed E-state index contributed by atoms with van der Waals surface area (Å²) in [6, 6.07) is 7.81. The summed E-state index contributed by atoms with van der Waals surface area (Å²) < 4.78 is 12.7. The molecule has 0 N–H and O–H groups in total. The number of nitriles is 1. The van der Waals surface area contributed by atoms with Crippen molar-refractivity contribution in [1.29, 1.82) is 5.26 Å². The topological polar surface area (TPSA) is 40.9 Å². The maximum atomic E-state index is 12.1. The molecule has 0 radical (unpaired) electrons. The lowest BCUT2D eigenvalue weighted by atomic mass is 10.0. The molecular formula is C14H18BrNOS. The monoisotopic (exact) mass is 327 g/mol. The third-order valence-electron chi connectivity index (χ3n) is 2.77. The first-order valence-corrected chi connectivity index (χ1v) is 7.95. The van der Waals surface area contributed by atoms with Crippen LogP contribution in [0.3, 0.4) is 0 Å². The summed E-state index contributed by atoms with van der Waals surface area (Å²) in [5.74, 6) is 0.857. The molecule has 98 valence electrons. The molecule has 18 heavy (non-hydrogen) atoms. The van der Waals surface area contributed by atoms with Gasteiger partial charge in [-0.1, -0.05) is 13.0 Å². The van der Waals surface area contributed by atoms with Gasteiger partial charge in [-0.2, -0.15) is 5.26 Å². The number of rotatable bonds is 3. The number of hydrogen-bond acceptors (Lipinski definition) is 2. The smallest absolute Gasteiger partial charge is 0.100 e. The van der Waals surface area contributed by atoms with Gasteiger partial charge in [-0.25, -0.2) is 0 Å². The van der Waals surface area contributed by atoms with E-state index in [-0.39, 0.29) is 10.7 Å². The maximum absolute atomic E-state index is 12.1. The highest BCUT2D eigenvalue weighted by molar-refractivity contribution is 9.10. The van der Waals surface area contributed by atoms with E-state index in [0.29, 0.717) is 11.3 Å². The van der Waals surface area contributed by atoms with Crippen LogP contribution in [0.15, 0.2) is 22.7 Å². The average Bonchev–Trinajstić information content (AvgIpc) is 2.27. The quantitative estimate of drug-likeness (QED) is 0.842. The molecule has 0 aliphatic heterocycles. The van der Waals surface area contributed by atoms with E-state index in [9.17, 15) is 4.21 Å². The molecule has 0 bridgehead atoms. The van der Waals surface area contributed by atoms with Gasteiger partial charge in [-0.3, -0.25) is 4.21 Å². The predicted octanol–water partition coefficient (Wildman–Crippen LogP) is 3.97. The Morgan fingerprint density at radius 1 is 1.44 bits per heavy atom. The highest BCUT2D eigenvalue weighted by Crippen LogP contribution is 2.25. The minimum Gasteiger partial charge on any atom is -0.259 e. The van der Waals surface area contributed by atoms with Crippen LogP contribution in [-0.2, 0) is 10.8 Å². The van der Waals surface area contributed by atoms with E-state index in [1.165, 1.54) is 0 Å². The molecule has 0 saturated carbocycles. The molecule has 1 rings (SSSR count). The summed E-state index contributed by atoms with van der Waals surface area (Å²) in [5, 5.41) is 8.87. The van der Waals surface area contributed by atoms with Gasteiger partial charge >= 0.3 is 0 Å². The lowest BCUT2D eigenvalue weighted by Crippen LogP contribution is -2.26. The van der Waals surface area contributed by atoms with Gasteiger partial charge in [0.05, 0.1) is 5.56 Å². The van der Waals surface area contributed by atoms with Crippen molar-refractivity contribution in [3.63, 3.8) is 0 Å². The SMILES string of the molecule is C[C@@H](CS(=O)C(C)(C)C)c1ccc(C#N)c(Br)c1. The fourth-order valence-electron chi connectivity index (χ4n) is 1.50. The van der Waals surface area contributed by atoms with Crippen LogP contribution in [0.4, 0.5) is 0 Å². The molecular weight excluding hydrogens is 310 g/mol. The Kier molecular flexibility index (Phi) is 5.12. The fourth-order valence-corrected chi connectivity index (χ4v) is 3.13. The molecule has 4 heteroatoms. The Balaban J connectivity index is 2.86. The summed E-state index contributed by atoms with van der Waals surface area (Å²) in [5.41, 5.74) is 1.74. The lowest BCUT2D eigenvalue weighted by Gasteiger charge is -2.21. The molecule has 1 aromatic carbocycles. The van der Waals surface area contributed by atoms with Crippen LogP contribution in [0, 0.1) is 11.3 Å². The summed E-state index contributed by atoms with van der Waals surface area (Å²) in [7, 11) is -0.862. The van der Waals surface area contributed by atoms with Crippen LogP contribution in [0.5, 0.6) is 0 Å². The van der Waals surface area contributed by atoms with Crippen molar-refractivity contribution >= 4 is 26.7 Å². The van der Waals surface area contributed by atoms with Crippen LogP contribution in [-0.4, -0.2) is 14.7 Å². The first kappa shape index (κ1) is 15.4. The minimum absolute atomic E-state index is 0.182. The van der Waals surface area contributed by atoms with E-state index in [1.54, 1.807) is 6.07 Å². The van der Waals surface area contributed by atoms with Gasteiger partial charge in [-0.15, -0.1) is 0 Å². The van der Waals surface area contributed by atoms with Crippen molar-refractivity contribution in [1.82, 2.24) is 0 Å². The van der Waals surface area contributed by atoms with E-state index < -0.39 is 10.8 Å². The molecule has 1 unspecified atom stereocenters. The number of nitrogens with zero attached hydrogens (tertiary/aromatic N) is 1. The van der Waals surface area contributed by atoms with E-state index in [0.717, 1.165) is 10.0 Å². The third kappa shape index (κ3) is 3.93. The van der Waals surface area contributed by atoms with Gasteiger partial charge in [0.25, 0.3) is 0 Å². The normalized spacial score (nSPS) is 14.9. The van der Waals surface area contributed by atoms with Crippen LogP contribution in [0.25, 0.3) is 0 Å². The molecule has 0 aliphatic carbocycles. The number of benzene rings is 1. The standard InChI is InChI=1S/C14H18BrNOS/c1-10(9-18(17)14(2,3)4)11-5-6-12(8-16)13(15)7-11/h5-7,10H,9H2,1-4H3/t10-,18?/m0/s1. The summed E-state index contributed by atoms with van der Waals surface area (Å²) >= 11 is 3.38. The second-order valence-corrected chi connectivity index (χ2v) is 8.48. The van der Waals surface area contributed by atoms with E-state index >= 15 is 0 Å². The van der Waals surface area contributed by atoms with Gasteiger partial charge in [0, 0.05) is 25.8 Å². The van der Waals surface area contributed by atoms with Crippen molar-refractivity contribution in [2.24, 2.45) is 0 Å². The highest BCUT2D eigenvalue weighted by Gasteiger charge is 2.22. The number of hydrogen-bond donors (Lipinski definition) is 0. The largest absolute Gasteiger partial charge is 0.259 e. The Hall–Kier alpha value is -0.660. The first-order chi connectivity index (χ1) is 8.25. The van der Waals surface area contributed by atoms with Gasteiger partial charge in [0.2, 0.25) is 0 Å². The minimum atomic E-state index is -0.862. The van der Waals surface area contributed by atoms with Gasteiger partial charge in [0.15, 0.2) is 0 Å². The van der Waals surface area contributed by atoms with E-state index in [4.69, 9.17) is 5.26 Å². The Labute approximate surface area is 120 Å². The second-order valence-electron chi connectivity index (χ2n) is 5.38. The van der Waals surface area contributed by atoms with Crippen LogP contribution >= 0.6 is 15.9 Å². The molecule has 0 spiro atoms. The van der Waals surface area contributed by atoms with Crippen molar-refractivity contribution in [2.75, 3.05) is 5.75 Å². The molecule has 0 aromatic heterocycles. The molecule has 2 nitrogen and oxygen atoms in total. The molecule has 0 aliphatic rings. The zero-order valence-electron chi connectivity index (χ0n) is 11.2. The van der Waals surface area contributed by atoms with Crippen LogP contribution in [0.1, 0.15) is 44.7 Å². The van der Waals surface area contributed by atoms with Crippen LogP contribution < -0.4 is 0 Å². The zero-order chi connectivity index (χ0) is 13.9. The molecule has 1 aromatic rings. The van der Waals surface area contributed by atoms with Gasteiger partial charge in [0.1, 0.15) is 6.07 Å².